The highest BCUT2D eigenvalue weighted by atomic mass is 16.5. The topological polar surface area (TPSA) is 111 Å². The third kappa shape index (κ3) is 7.23. The Morgan fingerprint density at radius 2 is 1.77 bits per heavy atom. The standard InChI is InChI=1S/C19H29N3O4/c1-13(2)16(19(25)26-3)22-18(24)15(20)11-7-8-12-21-17(23)14-9-5-4-6-10-14/h4-6,9-10,13,15-16H,7-8,11-12,20H2,1-3H3,(H,21,23)(H,22,24)/t15-,16+/m0/s1. The number of rotatable bonds is 10. The van der Waals surface area contributed by atoms with Gasteiger partial charge in [-0.1, -0.05) is 32.0 Å². The molecule has 144 valence electrons. The Hall–Kier alpha value is -2.41. The van der Waals surface area contributed by atoms with Gasteiger partial charge in [-0.3, -0.25) is 9.59 Å². The van der Waals surface area contributed by atoms with E-state index in [-0.39, 0.29) is 17.7 Å². The monoisotopic (exact) mass is 363 g/mol. The lowest BCUT2D eigenvalue weighted by atomic mass is 10.0. The molecule has 1 aromatic rings. The number of benzene rings is 1. The normalized spacial score (nSPS) is 13.0. The summed E-state index contributed by atoms with van der Waals surface area (Å²) < 4.78 is 4.69. The molecule has 7 heteroatoms. The highest BCUT2D eigenvalue weighted by Crippen LogP contribution is 2.06. The molecule has 0 aliphatic carbocycles. The van der Waals surface area contributed by atoms with Crippen LogP contribution in [0.15, 0.2) is 30.3 Å². The lowest BCUT2D eigenvalue weighted by molar-refractivity contribution is -0.146. The number of nitrogens with two attached hydrogens (primary N) is 1. The number of hydrogen-bond donors (Lipinski definition) is 3. The van der Waals surface area contributed by atoms with Crippen LogP contribution in [-0.4, -0.2) is 43.5 Å². The minimum atomic E-state index is -0.705. The van der Waals surface area contributed by atoms with Crippen molar-refractivity contribution in [3.05, 3.63) is 35.9 Å². The molecular formula is C19H29N3O4. The van der Waals surface area contributed by atoms with Gasteiger partial charge in [-0.25, -0.2) is 4.79 Å². The van der Waals surface area contributed by atoms with Crippen molar-refractivity contribution in [3.8, 4) is 0 Å². The second-order valence-corrected chi connectivity index (χ2v) is 6.48. The van der Waals surface area contributed by atoms with Gasteiger partial charge in [-0.15, -0.1) is 0 Å². The van der Waals surface area contributed by atoms with Gasteiger partial charge < -0.3 is 21.1 Å². The van der Waals surface area contributed by atoms with Crippen LogP contribution in [0.25, 0.3) is 0 Å². The lowest BCUT2D eigenvalue weighted by Crippen LogP contribution is -2.50. The van der Waals surface area contributed by atoms with Crippen LogP contribution < -0.4 is 16.4 Å². The molecule has 0 aliphatic heterocycles. The first-order chi connectivity index (χ1) is 12.4. The van der Waals surface area contributed by atoms with Gasteiger partial charge in [0.1, 0.15) is 6.04 Å². The zero-order valence-corrected chi connectivity index (χ0v) is 15.7. The Balaban J connectivity index is 2.28. The summed E-state index contributed by atoms with van der Waals surface area (Å²) in [4.78, 5) is 35.7. The summed E-state index contributed by atoms with van der Waals surface area (Å²) in [5.74, 6) is -1.07. The second kappa shape index (κ2) is 11.3. The van der Waals surface area contributed by atoms with Gasteiger partial charge in [-0.2, -0.15) is 0 Å². The zero-order chi connectivity index (χ0) is 19.5. The van der Waals surface area contributed by atoms with E-state index in [1.807, 2.05) is 32.0 Å². The van der Waals surface area contributed by atoms with E-state index in [4.69, 9.17) is 10.5 Å². The van der Waals surface area contributed by atoms with E-state index in [0.29, 0.717) is 31.4 Å². The maximum atomic E-state index is 12.1. The fraction of sp³-hybridized carbons (Fsp3) is 0.526. The highest BCUT2D eigenvalue weighted by molar-refractivity contribution is 5.94. The van der Waals surface area contributed by atoms with E-state index in [2.05, 4.69) is 10.6 Å². The molecular weight excluding hydrogens is 334 g/mol. The fourth-order valence-electron chi connectivity index (χ4n) is 2.40. The summed E-state index contributed by atoms with van der Waals surface area (Å²) in [5, 5.41) is 5.47. The average molecular weight is 363 g/mol. The molecule has 0 spiro atoms. The Kier molecular flexibility index (Phi) is 9.36. The number of ether oxygens (including phenoxy) is 1. The van der Waals surface area contributed by atoms with E-state index in [1.54, 1.807) is 12.1 Å². The molecule has 1 aromatic carbocycles. The summed E-state index contributed by atoms with van der Waals surface area (Å²) in [6, 6.07) is 7.57. The van der Waals surface area contributed by atoms with Crippen molar-refractivity contribution >= 4 is 17.8 Å². The van der Waals surface area contributed by atoms with Crippen LogP contribution in [0.5, 0.6) is 0 Å². The van der Waals surface area contributed by atoms with E-state index in [1.165, 1.54) is 7.11 Å². The van der Waals surface area contributed by atoms with Crippen LogP contribution in [0.2, 0.25) is 0 Å². The number of esters is 1. The summed E-state index contributed by atoms with van der Waals surface area (Å²) in [6.07, 6.45) is 1.87. The van der Waals surface area contributed by atoms with Crippen molar-refractivity contribution in [2.24, 2.45) is 11.7 Å². The minimum Gasteiger partial charge on any atom is -0.467 e. The highest BCUT2D eigenvalue weighted by Gasteiger charge is 2.26. The predicted octanol–water partition coefficient (Wildman–Crippen LogP) is 1.23. The van der Waals surface area contributed by atoms with Crippen molar-refractivity contribution in [1.82, 2.24) is 10.6 Å². The summed E-state index contributed by atoms with van der Waals surface area (Å²) in [6.45, 7) is 4.16. The SMILES string of the molecule is COC(=O)[C@H](NC(=O)[C@@H](N)CCCCNC(=O)c1ccccc1)C(C)C. The first-order valence-corrected chi connectivity index (χ1v) is 8.83. The molecule has 0 bridgehead atoms. The molecule has 2 atom stereocenters. The molecule has 0 radical (unpaired) electrons. The molecule has 0 saturated heterocycles. The van der Waals surface area contributed by atoms with E-state index < -0.39 is 18.1 Å². The molecule has 7 nitrogen and oxygen atoms in total. The summed E-state index contributed by atoms with van der Waals surface area (Å²) in [5.41, 5.74) is 6.51. The fourth-order valence-corrected chi connectivity index (χ4v) is 2.40. The minimum absolute atomic E-state index is 0.0909. The lowest BCUT2D eigenvalue weighted by Gasteiger charge is -2.21. The Labute approximate surface area is 154 Å². The average Bonchev–Trinajstić information content (AvgIpc) is 2.64. The third-order valence-corrected chi connectivity index (χ3v) is 4.02. The molecule has 1 rings (SSSR count). The van der Waals surface area contributed by atoms with Gasteiger partial charge in [0.25, 0.3) is 5.91 Å². The van der Waals surface area contributed by atoms with Crippen molar-refractivity contribution < 1.29 is 19.1 Å². The number of carbonyl (C=O) groups excluding carboxylic acids is 3. The smallest absolute Gasteiger partial charge is 0.328 e. The van der Waals surface area contributed by atoms with Crippen LogP contribution in [-0.2, 0) is 14.3 Å². The molecule has 0 heterocycles. The van der Waals surface area contributed by atoms with Crippen LogP contribution in [0.4, 0.5) is 0 Å². The van der Waals surface area contributed by atoms with Gasteiger partial charge in [0.15, 0.2) is 0 Å². The van der Waals surface area contributed by atoms with Crippen molar-refractivity contribution in [2.45, 2.75) is 45.2 Å². The van der Waals surface area contributed by atoms with Crippen molar-refractivity contribution in [3.63, 3.8) is 0 Å². The van der Waals surface area contributed by atoms with Crippen LogP contribution in [0.1, 0.15) is 43.5 Å². The van der Waals surface area contributed by atoms with Crippen LogP contribution in [0.3, 0.4) is 0 Å². The van der Waals surface area contributed by atoms with Crippen LogP contribution >= 0.6 is 0 Å². The maximum Gasteiger partial charge on any atom is 0.328 e. The Morgan fingerprint density at radius 3 is 2.35 bits per heavy atom. The summed E-state index contributed by atoms with van der Waals surface area (Å²) >= 11 is 0. The second-order valence-electron chi connectivity index (χ2n) is 6.48. The molecule has 0 unspecified atom stereocenters. The molecule has 2 amide bonds. The third-order valence-electron chi connectivity index (χ3n) is 4.02. The number of unbranched alkanes of at least 4 members (excludes halogenated alkanes) is 1. The molecule has 0 aromatic heterocycles. The summed E-state index contributed by atoms with van der Waals surface area (Å²) in [7, 11) is 1.29. The van der Waals surface area contributed by atoms with Gasteiger partial charge in [0, 0.05) is 12.1 Å². The van der Waals surface area contributed by atoms with E-state index in [0.717, 1.165) is 0 Å². The number of hydrogen-bond acceptors (Lipinski definition) is 5. The van der Waals surface area contributed by atoms with Gasteiger partial charge in [-0.05, 0) is 37.3 Å². The quantitative estimate of drug-likeness (QED) is 0.428. The first-order valence-electron chi connectivity index (χ1n) is 8.83. The van der Waals surface area contributed by atoms with E-state index in [9.17, 15) is 14.4 Å². The van der Waals surface area contributed by atoms with Crippen molar-refractivity contribution in [1.29, 1.82) is 0 Å². The number of nitrogens with one attached hydrogen (secondary N) is 2. The largest absolute Gasteiger partial charge is 0.467 e. The zero-order valence-electron chi connectivity index (χ0n) is 15.7. The van der Waals surface area contributed by atoms with Gasteiger partial charge >= 0.3 is 5.97 Å². The van der Waals surface area contributed by atoms with Gasteiger partial charge in [0.2, 0.25) is 5.91 Å². The Bertz CT molecular complexity index is 590. The molecule has 0 saturated carbocycles. The molecule has 4 N–H and O–H groups in total. The van der Waals surface area contributed by atoms with Crippen molar-refractivity contribution in [2.75, 3.05) is 13.7 Å². The maximum absolute atomic E-state index is 12.1. The first kappa shape index (κ1) is 21.6. The Morgan fingerprint density at radius 1 is 1.12 bits per heavy atom. The van der Waals surface area contributed by atoms with E-state index >= 15 is 0 Å². The number of amides is 2. The van der Waals surface area contributed by atoms with Crippen LogP contribution in [0, 0.1) is 5.92 Å². The molecule has 0 aliphatic rings. The molecule has 26 heavy (non-hydrogen) atoms. The predicted molar refractivity (Wildman–Crippen MR) is 99.4 cm³/mol. The molecule has 0 fully saturated rings. The number of methoxy groups -OCH3 is 1. The van der Waals surface area contributed by atoms with Gasteiger partial charge in [0.05, 0.1) is 13.2 Å². The number of carbonyl (C=O) groups is 3.